The number of carbonyl (C=O) groups excluding carboxylic acids is 1. The Labute approximate surface area is 115 Å². The van der Waals surface area contributed by atoms with E-state index in [9.17, 15) is 4.79 Å². The van der Waals surface area contributed by atoms with E-state index in [0.717, 1.165) is 44.8 Å². The normalized spacial score (nSPS) is 28.6. The van der Waals surface area contributed by atoms with E-state index in [1.165, 1.54) is 0 Å². The molecule has 0 aliphatic carbocycles. The van der Waals surface area contributed by atoms with E-state index < -0.39 is 5.54 Å². The molecule has 1 heterocycles. The Morgan fingerprint density at radius 3 is 2.67 bits per heavy atom. The van der Waals surface area contributed by atoms with Crippen LogP contribution in [0.25, 0.3) is 0 Å². The van der Waals surface area contributed by atoms with Crippen molar-refractivity contribution in [2.24, 2.45) is 5.73 Å². The lowest BCUT2D eigenvalue weighted by Crippen LogP contribution is -2.63. The van der Waals surface area contributed by atoms with Gasteiger partial charge in [-0.05, 0) is 31.7 Å². The second-order valence-corrected chi connectivity index (χ2v) is 6.35. The van der Waals surface area contributed by atoms with Crippen LogP contribution in [0.5, 0.6) is 0 Å². The van der Waals surface area contributed by atoms with Crippen LogP contribution in [0.1, 0.15) is 33.6 Å². The molecule has 3 N–H and O–H groups in total. The van der Waals surface area contributed by atoms with Gasteiger partial charge in [-0.2, -0.15) is 11.8 Å². The van der Waals surface area contributed by atoms with Crippen LogP contribution in [0.2, 0.25) is 0 Å². The van der Waals surface area contributed by atoms with E-state index >= 15 is 0 Å². The van der Waals surface area contributed by atoms with Gasteiger partial charge in [-0.15, -0.1) is 0 Å². The highest BCUT2D eigenvalue weighted by molar-refractivity contribution is 8.00. The highest BCUT2D eigenvalue weighted by Crippen LogP contribution is 2.33. The van der Waals surface area contributed by atoms with Gasteiger partial charge in [0.2, 0.25) is 5.91 Å². The summed E-state index contributed by atoms with van der Waals surface area (Å²) in [4.78, 5) is 14.2. The molecule has 0 aromatic heterocycles. The van der Waals surface area contributed by atoms with E-state index in [4.69, 9.17) is 5.73 Å². The number of likely N-dealkylation sites (N-methyl/N-ethyl adjacent to an activating group) is 1. The predicted octanol–water partition coefficient (Wildman–Crippen LogP) is 1.06. The van der Waals surface area contributed by atoms with Crippen LogP contribution in [0.4, 0.5) is 0 Å². The number of hydrogen-bond donors (Lipinski definition) is 2. The molecule has 1 fully saturated rings. The van der Waals surface area contributed by atoms with E-state index in [1.54, 1.807) is 0 Å². The standard InChI is InChI=1S/C13H27N3OS/c1-4-16(5-2)9-8-15-13(12(14)17)7-6-10-18-11(13)3/h11,15H,4-10H2,1-3H3,(H2,14,17). The minimum atomic E-state index is -0.504. The van der Waals surface area contributed by atoms with Crippen molar-refractivity contribution in [3.63, 3.8) is 0 Å². The number of hydrogen-bond acceptors (Lipinski definition) is 4. The van der Waals surface area contributed by atoms with Crippen LogP contribution in [-0.2, 0) is 4.79 Å². The lowest BCUT2D eigenvalue weighted by atomic mass is 9.88. The Morgan fingerprint density at radius 2 is 2.17 bits per heavy atom. The molecule has 1 amide bonds. The third kappa shape index (κ3) is 3.62. The summed E-state index contributed by atoms with van der Waals surface area (Å²) in [6.07, 6.45) is 1.94. The predicted molar refractivity (Wildman–Crippen MR) is 78.9 cm³/mol. The summed E-state index contributed by atoms with van der Waals surface area (Å²) in [6, 6.07) is 0. The zero-order valence-corrected chi connectivity index (χ0v) is 12.7. The molecule has 4 nitrogen and oxygen atoms in total. The number of rotatable bonds is 7. The van der Waals surface area contributed by atoms with Crippen molar-refractivity contribution in [2.75, 3.05) is 31.9 Å². The molecule has 0 radical (unpaired) electrons. The van der Waals surface area contributed by atoms with Gasteiger partial charge in [0.05, 0.1) is 0 Å². The SMILES string of the molecule is CCN(CC)CCNC1(C(N)=O)CCCSC1C. The van der Waals surface area contributed by atoms with Gasteiger partial charge in [0.1, 0.15) is 5.54 Å². The Balaban J connectivity index is 2.55. The van der Waals surface area contributed by atoms with Gasteiger partial charge >= 0.3 is 0 Å². The first kappa shape index (κ1) is 15.8. The van der Waals surface area contributed by atoms with E-state index in [0.29, 0.717) is 0 Å². The maximum absolute atomic E-state index is 11.8. The molecule has 1 aliphatic heterocycles. The largest absolute Gasteiger partial charge is 0.368 e. The topological polar surface area (TPSA) is 58.4 Å². The van der Waals surface area contributed by atoms with Crippen molar-refractivity contribution in [1.82, 2.24) is 10.2 Å². The van der Waals surface area contributed by atoms with Crippen LogP contribution in [-0.4, -0.2) is 53.5 Å². The van der Waals surface area contributed by atoms with E-state index in [2.05, 4.69) is 31.0 Å². The molecule has 106 valence electrons. The summed E-state index contributed by atoms with van der Waals surface area (Å²) in [5.41, 5.74) is 5.14. The highest BCUT2D eigenvalue weighted by atomic mass is 32.2. The van der Waals surface area contributed by atoms with Gasteiger partial charge in [-0.25, -0.2) is 0 Å². The van der Waals surface area contributed by atoms with E-state index in [1.807, 2.05) is 11.8 Å². The van der Waals surface area contributed by atoms with Crippen LogP contribution in [0.3, 0.4) is 0 Å². The third-order valence-corrected chi connectivity index (χ3v) is 5.41. The van der Waals surface area contributed by atoms with Crippen LogP contribution < -0.4 is 11.1 Å². The smallest absolute Gasteiger partial charge is 0.238 e. The summed E-state index contributed by atoms with van der Waals surface area (Å²) in [7, 11) is 0. The fourth-order valence-electron chi connectivity index (χ4n) is 2.58. The molecular formula is C13H27N3OS. The minimum absolute atomic E-state index is 0.193. The van der Waals surface area contributed by atoms with Gasteiger partial charge in [0, 0.05) is 18.3 Å². The third-order valence-electron chi connectivity index (χ3n) is 3.98. The summed E-state index contributed by atoms with van der Waals surface area (Å²) in [5.74, 6) is 0.940. The number of thioether (sulfide) groups is 1. The molecule has 0 saturated carbocycles. The number of carbonyl (C=O) groups is 1. The van der Waals surface area contributed by atoms with Gasteiger partial charge in [-0.3, -0.25) is 4.79 Å². The fraction of sp³-hybridized carbons (Fsp3) is 0.923. The zero-order chi connectivity index (χ0) is 13.6. The molecule has 0 spiro atoms. The molecule has 2 unspecified atom stereocenters. The van der Waals surface area contributed by atoms with Gasteiger partial charge in [0.15, 0.2) is 0 Å². The molecule has 1 rings (SSSR count). The summed E-state index contributed by atoms with van der Waals surface area (Å²) in [5, 5.41) is 3.71. The van der Waals surface area contributed by atoms with Crippen molar-refractivity contribution in [3.05, 3.63) is 0 Å². The van der Waals surface area contributed by atoms with Crippen molar-refractivity contribution in [3.8, 4) is 0 Å². The summed E-state index contributed by atoms with van der Waals surface area (Å²) in [6.45, 7) is 10.3. The number of nitrogens with two attached hydrogens (primary N) is 1. The maximum Gasteiger partial charge on any atom is 0.238 e. The molecule has 1 saturated heterocycles. The monoisotopic (exact) mass is 273 g/mol. The fourth-order valence-corrected chi connectivity index (χ4v) is 3.84. The molecule has 0 bridgehead atoms. The van der Waals surface area contributed by atoms with E-state index in [-0.39, 0.29) is 11.2 Å². The molecule has 2 atom stereocenters. The molecule has 0 aromatic rings. The Morgan fingerprint density at radius 1 is 1.50 bits per heavy atom. The number of amides is 1. The second kappa shape index (κ2) is 7.36. The first-order chi connectivity index (χ1) is 8.56. The summed E-state index contributed by atoms with van der Waals surface area (Å²) >= 11 is 1.85. The van der Waals surface area contributed by atoms with Gasteiger partial charge in [-0.1, -0.05) is 20.8 Å². The first-order valence-electron chi connectivity index (χ1n) is 6.95. The first-order valence-corrected chi connectivity index (χ1v) is 8.00. The van der Waals surface area contributed by atoms with Crippen LogP contribution in [0, 0.1) is 0 Å². The number of primary amides is 1. The number of nitrogens with zero attached hydrogens (tertiary/aromatic N) is 1. The summed E-state index contributed by atoms with van der Waals surface area (Å²) < 4.78 is 0. The van der Waals surface area contributed by atoms with Crippen LogP contribution in [0.15, 0.2) is 0 Å². The maximum atomic E-state index is 11.8. The van der Waals surface area contributed by atoms with Crippen LogP contribution >= 0.6 is 11.8 Å². The Hall–Kier alpha value is -0.260. The van der Waals surface area contributed by atoms with Gasteiger partial charge in [0.25, 0.3) is 0 Å². The lowest BCUT2D eigenvalue weighted by molar-refractivity contribution is -0.124. The van der Waals surface area contributed by atoms with Crippen molar-refractivity contribution >= 4 is 17.7 Å². The Kier molecular flexibility index (Phi) is 6.46. The average molecular weight is 273 g/mol. The minimum Gasteiger partial charge on any atom is -0.368 e. The molecule has 5 heteroatoms. The quantitative estimate of drug-likeness (QED) is 0.728. The van der Waals surface area contributed by atoms with Gasteiger partial charge < -0.3 is 16.0 Å². The van der Waals surface area contributed by atoms with Crippen molar-refractivity contribution in [1.29, 1.82) is 0 Å². The van der Waals surface area contributed by atoms with Crippen molar-refractivity contribution < 1.29 is 4.79 Å². The number of nitrogens with one attached hydrogen (secondary N) is 1. The molecule has 18 heavy (non-hydrogen) atoms. The lowest BCUT2D eigenvalue weighted by Gasteiger charge is -2.40. The molecule has 1 aliphatic rings. The zero-order valence-electron chi connectivity index (χ0n) is 11.9. The molecular weight excluding hydrogens is 246 g/mol. The highest BCUT2D eigenvalue weighted by Gasteiger charge is 2.43. The molecule has 0 aromatic carbocycles. The average Bonchev–Trinajstić information content (AvgIpc) is 2.36. The second-order valence-electron chi connectivity index (χ2n) is 4.91. The Bertz CT molecular complexity index is 271. The van der Waals surface area contributed by atoms with Crippen molar-refractivity contribution in [2.45, 2.75) is 44.4 Å².